The lowest BCUT2D eigenvalue weighted by Gasteiger charge is -2.30. The highest BCUT2D eigenvalue weighted by Crippen LogP contribution is 2.49. The van der Waals surface area contributed by atoms with E-state index in [2.05, 4.69) is 26.8 Å². The van der Waals surface area contributed by atoms with Crippen LogP contribution in [-0.4, -0.2) is 65.1 Å². The predicted octanol–water partition coefficient (Wildman–Crippen LogP) is 4.40. The van der Waals surface area contributed by atoms with Crippen LogP contribution in [0, 0.1) is 5.82 Å². The maximum atomic E-state index is 14.3. The Balaban J connectivity index is 1.71. The van der Waals surface area contributed by atoms with E-state index in [1.807, 2.05) is 11.4 Å². The molecule has 0 radical (unpaired) electrons. The van der Waals surface area contributed by atoms with Crippen LogP contribution in [0.15, 0.2) is 41.8 Å². The summed E-state index contributed by atoms with van der Waals surface area (Å²) in [6, 6.07) is 10.3. The summed E-state index contributed by atoms with van der Waals surface area (Å²) in [5, 5.41) is 6.87. The van der Waals surface area contributed by atoms with E-state index in [4.69, 9.17) is 9.84 Å². The van der Waals surface area contributed by atoms with Crippen LogP contribution in [0.2, 0.25) is 0 Å². The molecule has 1 aromatic carbocycles. The number of ether oxygens (including phenoxy) is 1. The minimum atomic E-state index is -0.394. The normalized spacial score (nSPS) is 18.8. The molecule has 190 valence electrons. The Hall–Kier alpha value is -2.69. The summed E-state index contributed by atoms with van der Waals surface area (Å²) >= 11 is 3.18. The van der Waals surface area contributed by atoms with Crippen molar-refractivity contribution in [2.75, 3.05) is 43.5 Å². The topological polar surface area (TPSA) is 67.7 Å². The van der Waals surface area contributed by atoms with Gasteiger partial charge in [-0.3, -0.25) is 14.5 Å². The molecule has 0 spiro atoms. The van der Waals surface area contributed by atoms with Gasteiger partial charge in [0.05, 0.1) is 35.6 Å². The van der Waals surface area contributed by atoms with Gasteiger partial charge in [-0.2, -0.15) is 5.10 Å². The zero-order valence-electron chi connectivity index (χ0n) is 20.6. The van der Waals surface area contributed by atoms with Crippen LogP contribution < -0.4 is 4.90 Å². The van der Waals surface area contributed by atoms with E-state index in [1.54, 1.807) is 49.7 Å². The summed E-state index contributed by atoms with van der Waals surface area (Å²) in [6.45, 7) is 8.10. The van der Waals surface area contributed by atoms with E-state index in [0.717, 1.165) is 16.1 Å². The molecule has 36 heavy (non-hydrogen) atoms. The lowest BCUT2D eigenvalue weighted by Crippen LogP contribution is -2.48. The number of fused-ring (bicyclic) bond motifs is 1. The van der Waals surface area contributed by atoms with E-state index in [0.29, 0.717) is 37.8 Å². The molecule has 1 atom stereocenters. The molecule has 1 saturated heterocycles. The summed E-state index contributed by atoms with van der Waals surface area (Å²) in [6.07, 6.45) is 0. The van der Waals surface area contributed by atoms with Crippen molar-refractivity contribution in [3.8, 4) is 5.69 Å². The van der Waals surface area contributed by atoms with Crippen molar-refractivity contribution >= 4 is 40.7 Å². The molecule has 10 heteroatoms. The molecule has 0 N–H and O–H groups in total. The van der Waals surface area contributed by atoms with Crippen LogP contribution in [-0.2, 0) is 19.7 Å². The minimum Gasteiger partial charge on any atom is -0.378 e. The number of benzene rings is 1. The zero-order chi connectivity index (χ0) is 25.4. The van der Waals surface area contributed by atoms with E-state index < -0.39 is 5.82 Å². The van der Waals surface area contributed by atoms with E-state index in [9.17, 15) is 14.0 Å². The molecule has 2 aliphatic heterocycles. The number of hydrogen-bond donors (Lipinski definition) is 0. The number of halogens is 1. The van der Waals surface area contributed by atoms with Crippen molar-refractivity contribution in [2.24, 2.45) is 0 Å². The van der Waals surface area contributed by atoms with Crippen LogP contribution in [0.3, 0.4) is 0 Å². The molecule has 0 bridgehead atoms. The van der Waals surface area contributed by atoms with E-state index in [-0.39, 0.29) is 34.8 Å². The van der Waals surface area contributed by atoms with Crippen molar-refractivity contribution in [3.63, 3.8) is 0 Å². The van der Waals surface area contributed by atoms with Crippen molar-refractivity contribution in [2.45, 2.75) is 31.4 Å². The van der Waals surface area contributed by atoms with Crippen LogP contribution in [0.5, 0.6) is 0 Å². The fraction of sp³-hybridized carbons (Fsp3) is 0.423. The standard InChI is InChI=1S/C26H29FN4O3S2/c1-26(2,3)24-22-23(19-8-5-13-35-19)36-16-21(33)30(15-20(32)29-9-11-34-12-10-29)25(22)31(28-24)18-7-4-6-17(27)14-18/h4-8,13-14,23H,9-12,15-16H2,1-3H3/t23-/m1/s1. The van der Waals surface area contributed by atoms with Gasteiger partial charge in [0, 0.05) is 28.9 Å². The first-order chi connectivity index (χ1) is 17.2. The highest BCUT2D eigenvalue weighted by molar-refractivity contribution is 8.00. The Labute approximate surface area is 218 Å². The van der Waals surface area contributed by atoms with Gasteiger partial charge in [-0.25, -0.2) is 9.07 Å². The maximum absolute atomic E-state index is 14.3. The predicted molar refractivity (Wildman–Crippen MR) is 141 cm³/mol. The molecular weight excluding hydrogens is 499 g/mol. The van der Waals surface area contributed by atoms with Gasteiger partial charge in [-0.1, -0.05) is 32.9 Å². The number of hydrogen-bond acceptors (Lipinski definition) is 6. The Morgan fingerprint density at radius 1 is 1.19 bits per heavy atom. The van der Waals surface area contributed by atoms with Crippen molar-refractivity contribution in [3.05, 3.63) is 63.7 Å². The monoisotopic (exact) mass is 528 g/mol. The first-order valence-corrected chi connectivity index (χ1v) is 13.9. The van der Waals surface area contributed by atoms with Crippen molar-refractivity contribution in [1.82, 2.24) is 14.7 Å². The molecule has 4 heterocycles. The average molecular weight is 529 g/mol. The summed E-state index contributed by atoms with van der Waals surface area (Å²) < 4.78 is 21.4. The second-order valence-corrected chi connectivity index (χ2v) is 12.0. The molecule has 2 aliphatic rings. The number of anilines is 1. The number of amides is 2. The number of thioether (sulfide) groups is 1. The quantitative estimate of drug-likeness (QED) is 0.502. The fourth-order valence-corrected chi connectivity index (χ4v) is 6.75. The maximum Gasteiger partial charge on any atom is 0.242 e. The molecule has 2 aromatic heterocycles. The summed E-state index contributed by atoms with van der Waals surface area (Å²) in [5.74, 6) is 0.0662. The number of rotatable bonds is 4. The molecule has 0 unspecified atom stereocenters. The second kappa shape index (κ2) is 9.99. The van der Waals surface area contributed by atoms with Gasteiger partial charge in [0.15, 0.2) is 0 Å². The van der Waals surface area contributed by atoms with Gasteiger partial charge in [-0.05, 0) is 29.6 Å². The first kappa shape index (κ1) is 25.0. The third kappa shape index (κ3) is 4.81. The molecule has 3 aromatic rings. The number of carbonyl (C=O) groups excluding carboxylic acids is 2. The third-order valence-electron chi connectivity index (χ3n) is 6.31. The molecule has 0 aliphatic carbocycles. The van der Waals surface area contributed by atoms with Crippen LogP contribution in [0.1, 0.15) is 42.2 Å². The molecule has 1 fully saturated rings. The van der Waals surface area contributed by atoms with Gasteiger partial charge < -0.3 is 9.64 Å². The van der Waals surface area contributed by atoms with Gasteiger partial charge in [0.1, 0.15) is 18.2 Å². The fourth-order valence-electron chi connectivity index (χ4n) is 4.57. The van der Waals surface area contributed by atoms with Crippen LogP contribution in [0.4, 0.5) is 10.2 Å². The molecule has 7 nitrogen and oxygen atoms in total. The lowest BCUT2D eigenvalue weighted by atomic mass is 9.88. The lowest BCUT2D eigenvalue weighted by molar-refractivity contribution is -0.134. The summed E-state index contributed by atoms with van der Waals surface area (Å²) in [4.78, 5) is 31.4. The number of aromatic nitrogens is 2. The number of nitrogens with zero attached hydrogens (tertiary/aromatic N) is 4. The van der Waals surface area contributed by atoms with Crippen molar-refractivity contribution < 1.29 is 18.7 Å². The van der Waals surface area contributed by atoms with Crippen LogP contribution in [0.25, 0.3) is 5.69 Å². The van der Waals surface area contributed by atoms with Gasteiger partial charge >= 0.3 is 0 Å². The Bertz CT molecular complexity index is 1260. The molecule has 2 amide bonds. The first-order valence-electron chi connectivity index (χ1n) is 11.9. The number of morpholine rings is 1. The van der Waals surface area contributed by atoms with Crippen LogP contribution >= 0.6 is 23.1 Å². The number of thiophene rings is 1. The molecular formula is C26H29FN4O3S2. The Kier molecular flexibility index (Phi) is 6.93. The largest absolute Gasteiger partial charge is 0.378 e. The highest BCUT2D eigenvalue weighted by atomic mass is 32.2. The minimum absolute atomic E-state index is 0.103. The van der Waals surface area contributed by atoms with Gasteiger partial charge in [0.25, 0.3) is 0 Å². The molecule has 0 saturated carbocycles. The van der Waals surface area contributed by atoms with Gasteiger partial charge in [0.2, 0.25) is 11.8 Å². The Morgan fingerprint density at radius 2 is 1.97 bits per heavy atom. The van der Waals surface area contributed by atoms with E-state index in [1.165, 1.54) is 12.1 Å². The van der Waals surface area contributed by atoms with Gasteiger partial charge in [-0.15, -0.1) is 23.1 Å². The van der Waals surface area contributed by atoms with Crippen molar-refractivity contribution in [1.29, 1.82) is 0 Å². The average Bonchev–Trinajstić information content (AvgIpc) is 3.49. The SMILES string of the molecule is CC(C)(C)c1nn(-c2cccc(F)c2)c2c1[C@@H](c1cccs1)SCC(=O)N2CC(=O)N1CCOCC1. The number of carbonyl (C=O) groups is 2. The Morgan fingerprint density at radius 3 is 2.64 bits per heavy atom. The third-order valence-corrected chi connectivity index (χ3v) is 8.63. The smallest absolute Gasteiger partial charge is 0.242 e. The second-order valence-electron chi connectivity index (χ2n) is 9.91. The zero-order valence-corrected chi connectivity index (χ0v) is 22.2. The van der Waals surface area contributed by atoms with E-state index >= 15 is 0 Å². The molecule has 5 rings (SSSR count). The summed E-state index contributed by atoms with van der Waals surface area (Å²) in [7, 11) is 0. The highest BCUT2D eigenvalue weighted by Gasteiger charge is 2.40. The summed E-state index contributed by atoms with van der Waals surface area (Å²) in [5.41, 5.74) is 1.88.